The molecule has 1 aromatic carbocycles. The fourth-order valence-electron chi connectivity index (χ4n) is 4.54. The Morgan fingerprint density at radius 1 is 1.17 bits per heavy atom. The van der Waals surface area contributed by atoms with Crippen molar-refractivity contribution in [3.05, 3.63) is 42.6 Å². The Morgan fingerprint density at radius 2 is 2.03 bits per heavy atom. The molecule has 0 radical (unpaired) electrons. The van der Waals surface area contributed by atoms with Gasteiger partial charge in [-0.25, -0.2) is 13.8 Å². The second kappa shape index (κ2) is 7.32. The highest BCUT2D eigenvalue weighted by atomic mass is 19.1. The van der Waals surface area contributed by atoms with Crippen molar-refractivity contribution in [1.82, 2.24) is 25.5 Å². The van der Waals surface area contributed by atoms with Crippen LogP contribution in [-0.2, 0) is 0 Å². The maximum Gasteiger partial charge on any atom is 0.147 e. The Balaban J connectivity index is 1.39. The third kappa shape index (κ3) is 3.19. The number of anilines is 1. The van der Waals surface area contributed by atoms with Crippen LogP contribution >= 0.6 is 0 Å². The molecule has 2 bridgehead atoms. The van der Waals surface area contributed by atoms with E-state index in [-0.39, 0.29) is 29.0 Å². The normalized spacial score (nSPS) is 25.4. The van der Waals surface area contributed by atoms with Crippen LogP contribution in [0.4, 0.5) is 14.6 Å². The van der Waals surface area contributed by atoms with Gasteiger partial charge in [0, 0.05) is 36.5 Å². The van der Waals surface area contributed by atoms with E-state index >= 15 is 0 Å². The number of halogens is 2. The molecule has 156 valence electrons. The van der Waals surface area contributed by atoms with Gasteiger partial charge in [-0.3, -0.25) is 10.1 Å². The second-order valence-corrected chi connectivity index (χ2v) is 7.99. The Kier molecular flexibility index (Phi) is 4.62. The van der Waals surface area contributed by atoms with E-state index < -0.39 is 12.0 Å². The monoisotopic (exact) mass is 412 g/mol. The van der Waals surface area contributed by atoms with Gasteiger partial charge in [0.1, 0.15) is 23.6 Å². The van der Waals surface area contributed by atoms with Crippen LogP contribution in [0.2, 0.25) is 0 Å². The summed E-state index contributed by atoms with van der Waals surface area (Å²) in [5.74, 6) is -0.0857. The molecule has 0 saturated carbocycles. The maximum absolute atomic E-state index is 14.8. The van der Waals surface area contributed by atoms with Crippen LogP contribution < -0.4 is 10.2 Å². The van der Waals surface area contributed by atoms with E-state index in [1.54, 1.807) is 6.07 Å². The van der Waals surface area contributed by atoms with Crippen LogP contribution in [0.1, 0.15) is 19.3 Å². The highest BCUT2D eigenvalue weighted by molar-refractivity contribution is 5.73. The first-order chi connectivity index (χ1) is 14.5. The predicted molar refractivity (Wildman–Crippen MR) is 108 cm³/mol. The molecule has 4 heterocycles. The lowest BCUT2D eigenvalue weighted by molar-refractivity contribution is 0.176. The highest BCUT2D eigenvalue weighted by Crippen LogP contribution is 2.35. The van der Waals surface area contributed by atoms with E-state index in [2.05, 4.69) is 25.5 Å². The first-order valence-electron chi connectivity index (χ1n) is 9.99. The van der Waals surface area contributed by atoms with Gasteiger partial charge in [0.05, 0.1) is 29.8 Å². The summed E-state index contributed by atoms with van der Waals surface area (Å²) in [7, 11) is 1.82. The number of rotatable bonds is 4. The minimum atomic E-state index is -0.969. The number of aromatic amines is 1. The molecule has 0 spiro atoms. The molecule has 2 unspecified atom stereocenters. The summed E-state index contributed by atoms with van der Waals surface area (Å²) in [6, 6.07) is 4.15. The zero-order chi connectivity index (χ0) is 20.8. The predicted octanol–water partition coefficient (Wildman–Crippen LogP) is 3.05. The molecule has 2 aliphatic rings. The van der Waals surface area contributed by atoms with Gasteiger partial charge in [0.15, 0.2) is 0 Å². The Hall–Kier alpha value is -3.07. The maximum atomic E-state index is 14.8. The average molecular weight is 412 g/mol. The number of benzene rings is 1. The van der Waals surface area contributed by atoms with Gasteiger partial charge in [-0.05, 0) is 37.5 Å². The number of alkyl halides is 1. The number of piperidine rings is 1. The van der Waals surface area contributed by atoms with Crippen molar-refractivity contribution >= 4 is 5.82 Å². The molecule has 7 nitrogen and oxygen atoms in total. The summed E-state index contributed by atoms with van der Waals surface area (Å²) in [6.45, 7) is 0. The van der Waals surface area contributed by atoms with Gasteiger partial charge in [-0.2, -0.15) is 5.10 Å². The zero-order valence-corrected chi connectivity index (χ0v) is 16.4. The van der Waals surface area contributed by atoms with Crippen LogP contribution in [0.25, 0.3) is 22.5 Å². The van der Waals surface area contributed by atoms with E-state index in [1.807, 2.05) is 11.9 Å². The first-order valence-corrected chi connectivity index (χ1v) is 9.99. The van der Waals surface area contributed by atoms with Crippen molar-refractivity contribution in [2.24, 2.45) is 0 Å². The number of hydrogen-bond acceptors (Lipinski definition) is 6. The first kappa shape index (κ1) is 18.9. The number of H-pyrrole nitrogens is 1. The molecule has 0 amide bonds. The van der Waals surface area contributed by atoms with Crippen LogP contribution in [0.3, 0.4) is 0 Å². The smallest absolute Gasteiger partial charge is 0.147 e. The minimum absolute atomic E-state index is 0.100. The molecule has 2 fully saturated rings. The Labute approximate surface area is 172 Å². The third-order valence-corrected chi connectivity index (χ3v) is 6.20. The number of aromatic hydroxyl groups is 1. The average Bonchev–Trinajstić information content (AvgIpc) is 3.42. The van der Waals surface area contributed by atoms with E-state index in [4.69, 9.17) is 0 Å². The Morgan fingerprint density at radius 3 is 2.77 bits per heavy atom. The van der Waals surface area contributed by atoms with Crippen molar-refractivity contribution in [3.63, 3.8) is 0 Å². The summed E-state index contributed by atoms with van der Waals surface area (Å²) >= 11 is 0. The fraction of sp³-hybridized carbons (Fsp3) is 0.381. The molecule has 2 aromatic heterocycles. The van der Waals surface area contributed by atoms with Crippen LogP contribution in [0, 0.1) is 5.82 Å². The number of fused-ring (bicyclic) bond motifs is 2. The largest absolute Gasteiger partial charge is 0.507 e. The molecule has 2 saturated heterocycles. The lowest BCUT2D eigenvalue weighted by Crippen LogP contribution is -2.55. The van der Waals surface area contributed by atoms with Crippen LogP contribution in [-0.4, -0.2) is 56.6 Å². The molecule has 2 aliphatic heterocycles. The van der Waals surface area contributed by atoms with Gasteiger partial charge >= 0.3 is 0 Å². The molecule has 3 N–H and O–H groups in total. The van der Waals surface area contributed by atoms with E-state index in [0.29, 0.717) is 23.2 Å². The lowest BCUT2D eigenvalue weighted by atomic mass is 9.96. The molecule has 30 heavy (non-hydrogen) atoms. The van der Waals surface area contributed by atoms with Gasteiger partial charge in [-0.1, -0.05) is 0 Å². The molecular formula is C21H22F2N6O. The minimum Gasteiger partial charge on any atom is -0.507 e. The Bertz CT molecular complexity index is 1040. The summed E-state index contributed by atoms with van der Waals surface area (Å²) in [6.07, 6.45) is 6.13. The number of phenols is 1. The van der Waals surface area contributed by atoms with Crippen molar-refractivity contribution in [1.29, 1.82) is 0 Å². The molecule has 3 aromatic rings. The highest BCUT2D eigenvalue weighted by Gasteiger charge is 2.43. The van der Waals surface area contributed by atoms with Crippen molar-refractivity contribution in [2.45, 2.75) is 43.6 Å². The molecule has 5 rings (SSSR count). The van der Waals surface area contributed by atoms with E-state index in [0.717, 1.165) is 19.3 Å². The topological polar surface area (TPSA) is 90.0 Å². The van der Waals surface area contributed by atoms with Crippen molar-refractivity contribution in [2.75, 3.05) is 11.9 Å². The van der Waals surface area contributed by atoms with Gasteiger partial charge in [0.2, 0.25) is 0 Å². The molecule has 9 heteroatoms. The van der Waals surface area contributed by atoms with Gasteiger partial charge in [-0.15, -0.1) is 0 Å². The van der Waals surface area contributed by atoms with Crippen LogP contribution in [0.15, 0.2) is 36.8 Å². The molecule has 4 atom stereocenters. The van der Waals surface area contributed by atoms with Crippen molar-refractivity contribution in [3.8, 4) is 28.3 Å². The second-order valence-electron chi connectivity index (χ2n) is 7.99. The van der Waals surface area contributed by atoms with Gasteiger partial charge in [0.25, 0.3) is 0 Å². The van der Waals surface area contributed by atoms with Gasteiger partial charge < -0.3 is 15.3 Å². The summed E-state index contributed by atoms with van der Waals surface area (Å²) in [5.41, 5.74) is 1.25. The third-order valence-electron chi connectivity index (χ3n) is 6.20. The quantitative estimate of drug-likeness (QED) is 0.610. The van der Waals surface area contributed by atoms with Crippen LogP contribution in [0.5, 0.6) is 5.75 Å². The molecule has 0 aliphatic carbocycles. The number of phenolic OH excluding ortho intramolecular Hbond substituents is 1. The standard InChI is InChI=1S/C21H22F2N6O/c1-29(18-6-11-2-3-16(27-11)21(18)23)20-10-24-17(9-25-20)13-7-14(22)12(8-19(13)30)15-4-5-26-28-15/h4-5,7-11,16,18,21,27,30H,2-3,6H2,1H3,(H,26,28)/t11?,16?,18-,21+/m0/s1. The number of nitrogens with one attached hydrogen (secondary N) is 2. The lowest BCUT2D eigenvalue weighted by Gasteiger charge is -2.38. The number of aromatic nitrogens is 4. The number of nitrogens with zero attached hydrogens (tertiary/aromatic N) is 4. The summed E-state index contributed by atoms with van der Waals surface area (Å²) < 4.78 is 29.4. The summed E-state index contributed by atoms with van der Waals surface area (Å²) in [4.78, 5) is 10.6. The van der Waals surface area contributed by atoms with E-state index in [1.165, 1.54) is 30.7 Å². The zero-order valence-electron chi connectivity index (χ0n) is 16.4. The van der Waals surface area contributed by atoms with E-state index in [9.17, 15) is 13.9 Å². The summed E-state index contributed by atoms with van der Waals surface area (Å²) in [5, 5.41) is 20.2. The fourth-order valence-corrected chi connectivity index (χ4v) is 4.54. The molecular weight excluding hydrogens is 390 g/mol. The SMILES string of the molecule is CN(c1cnc(-c2cc(F)c(-c3ccn[nH]3)cc2O)cn1)[C@H]1CC2CCC(N2)[C@H]1F. The van der Waals surface area contributed by atoms with Crippen molar-refractivity contribution < 1.29 is 13.9 Å². The number of hydrogen-bond donors (Lipinski definition) is 3.